The number of carbonyl (C=O) groups is 2. The van der Waals surface area contributed by atoms with Crippen molar-refractivity contribution in [3.05, 3.63) is 71.2 Å². The number of para-hydroxylation sites is 1. The molecule has 0 aliphatic carbocycles. The summed E-state index contributed by atoms with van der Waals surface area (Å²) in [6.07, 6.45) is 6.49. The van der Waals surface area contributed by atoms with Crippen LogP contribution in [0, 0.1) is 0 Å². The lowest BCUT2D eigenvalue weighted by Crippen LogP contribution is -2.44. The Morgan fingerprint density at radius 3 is 2.58 bits per heavy atom. The van der Waals surface area contributed by atoms with Crippen LogP contribution in [-0.4, -0.2) is 22.8 Å². The normalized spacial score (nSPS) is 11.6. The van der Waals surface area contributed by atoms with Gasteiger partial charge in [-0.05, 0) is 49.1 Å². The van der Waals surface area contributed by atoms with Gasteiger partial charge in [0.2, 0.25) is 11.8 Å². The molecule has 1 atom stereocenters. The predicted octanol–water partition coefficient (Wildman–Crippen LogP) is 5.74. The number of hydrogen-bond acceptors (Lipinski definition) is 5. The molecule has 6 nitrogen and oxygen atoms in total. The van der Waals surface area contributed by atoms with Crippen molar-refractivity contribution < 1.29 is 14.3 Å². The first kappa shape index (κ1) is 24.5. The lowest BCUT2D eigenvalue weighted by Gasteiger charge is -2.17. The van der Waals surface area contributed by atoms with E-state index >= 15 is 0 Å². The lowest BCUT2D eigenvalue weighted by atomic mass is 10.1. The standard InChI is InChI=1S/C26H31N3O3S/c1-3-5-15-22-18-27-26(33-22)29-25(31)23(10-4-2)28-24(30)17-19-11-9-14-21(16-19)32-20-12-7-6-8-13-20/h6-9,11-14,16,18,23H,3-5,10,15,17H2,1-2H3,(H,28,30)(H,27,29,31). The van der Waals surface area contributed by atoms with Gasteiger partial charge in [0.25, 0.3) is 0 Å². The fourth-order valence-electron chi connectivity index (χ4n) is 3.36. The first-order chi connectivity index (χ1) is 16.1. The molecule has 1 heterocycles. The van der Waals surface area contributed by atoms with E-state index in [0.717, 1.165) is 41.9 Å². The molecular weight excluding hydrogens is 434 g/mol. The van der Waals surface area contributed by atoms with Crippen LogP contribution in [0.1, 0.15) is 50.0 Å². The van der Waals surface area contributed by atoms with Crippen LogP contribution in [0.25, 0.3) is 0 Å². The summed E-state index contributed by atoms with van der Waals surface area (Å²) in [6, 6.07) is 16.3. The van der Waals surface area contributed by atoms with E-state index in [1.54, 1.807) is 0 Å². The summed E-state index contributed by atoms with van der Waals surface area (Å²) in [5.41, 5.74) is 0.817. The molecule has 1 unspecified atom stereocenters. The highest BCUT2D eigenvalue weighted by Gasteiger charge is 2.21. The Morgan fingerprint density at radius 2 is 1.82 bits per heavy atom. The molecule has 0 saturated carbocycles. The first-order valence-electron chi connectivity index (χ1n) is 11.4. The van der Waals surface area contributed by atoms with Crippen molar-refractivity contribution in [1.82, 2.24) is 10.3 Å². The molecule has 0 aliphatic rings. The topological polar surface area (TPSA) is 80.3 Å². The Morgan fingerprint density at radius 1 is 1.03 bits per heavy atom. The number of aryl methyl sites for hydroxylation is 1. The number of nitrogens with one attached hydrogen (secondary N) is 2. The van der Waals surface area contributed by atoms with Crippen LogP contribution in [0.3, 0.4) is 0 Å². The minimum absolute atomic E-state index is 0.165. The zero-order valence-corrected chi connectivity index (χ0v) is 20.0. The molecule has 33 heavy (non-hydrogen) atoms. The monoisotopic (exact) mass is 465 g/mol. The second kappa shape index (κ2) is 12.7. The number of ether oxygens (including phenoxy) is 1. The van der Waals surface area contributed by atoms with Crippen LogP contribution in [0.5, 0.6) is 11.5 Å². The predicted molar refractivity (Wildman–Crippen MR) is 133 cm³/mol. The molecule has 2 aromatic carbocycles. The Bertz CT molecular complexity index is 1040. The summed E-state index contributed by atoms with van der Waals surface area (Å²) in [4.78, 5) is 30.9. The van der Waals surface area contributed by atoms with Crippen LogP contribution in [0.15, 0.2) is 60.8 Å². The molecule has 3 aromatic rings. The van der Waals surface area contributed by atoms with Crippen molar-refractivity contribution in [3.63, 3.8) is 0 Å². The molecule has 2 N–H and O–H groups in total. The minimum atomic E-state index is -0.603. The maximum absolute atomic E-state index is 12.8. The van der Waals surface area contributed by atoms with Crippen molar-refractivity contribution in [1.29, 1.82) is 0 Å². The van der Waals surface area contributed by atoms with Crippen LogP contribution >= 0.6 is 11.3 Å². The molecule has 0 radical (unpaired) electrons. The summed E-state index contributed by atoms with van der Waals surface area (Å²) in [6.45, 7) is 4.14. The second-order valence-corrected chi connectivity index (χ2v) is 8.99. The van der Waals surface area contributed by atoms with E-state index in [0.29, 0.717) is 17.3 Å². The van der Waals surface area contributed by atoms with Crippen molar-refractivity contribution in [2.24, 2.45) is 0 Å². The average Bonchev–Trinajstić information content (AvgIpc) is 3.25. The van der Waals surface area contributed by atoms with Crippen molar-refractivity contribution >= 4 is 28.3 Å². The molecule has 0 spiro atoms. The quantitative estimate of drug-likeness (QED) is 0.357. The van der Waals surface area contributed by atoms with Crippen LogP contribution in [0.4, 0.5) is 5.13 Å². The number of aromatic nitrogens is 1. The number of anilines is 1. The molecule has 174 valence electrons. The summed E-state index contributed by atoms with van der Waals surface area (Å²) in [5.74, 6) is 0.960. The van der Waals surface area contributed by atoms with Gasteiger partial charge in [-0.1, -0.05) is 57.0 Å². The van der Waals surface area contributed by atoms with Crippen molar-refractivity contribution in [2.45, 2.75) is 58.4 Å². The largest absolute Gasteiger partial charge is 0.457 e. The van der Waals surface area contributed by atoms with Crippen LogP contribution in [-0.2, 0) is 22.4 Å². The summed E-state index contributed by atoms with van der Waals surface area (Å²) < 4.78 is 5.85. The minimum Gasteiger partial charge on any atom is -0.457 e. The molecule has 1 aromatic heterocycles. The number of rotatable bonds is 12. The average molecular weight is 466 g/mol. The Hall–Kier alpha value is -3.19. The van der Waals surface area contributed by atoms with E-state index in [9.17, 15) is 9.59 Å². The summed E-state index contributed by atoms with van der Waals surface area (Å²) in [7, 11) is 0. The van der Waals surface area contributed by atoms with E-state index in [-0.39, 0.29) is 18.2 Å². The Kier molecular flexibility index (Phi) is 9.44. The SMILES string of the molecule is CCCCc1cnc(NC(=O)C(CCC)NC(=O)Cc2cccc(Oc3ccccc3)c2)s1. The number of carbonyl (C=O) groups excluding carboxylic acids is 2. The molecular formula is C26H31N3O3S. The van der Waals surface area contributed by atoms with E-state index in [1.165, 1.54) is 11.3 Å². The number of thiazole rings is 1. The molecule has 0 saturated heterocycles. The number of unbranched alkanes of at least 4 members (excludes halogenated alkanes) is 1. The fraction of sp³-hybridized carbons (Fsp3) is 0.346. The maximum Gasteiger partial charge on any atom is 0.248 e. The van der Waals surface area contributed by atoms with Crippen LogP contribution in [0.2, 0.25) is 0 Å². The van der Waals surface area contributed by atoms with Gasteiger partial charge in [-0.2, -0.15) is 0 Å². The van der Waals surface area contributed by atoms with Gasteiger partial charge in [0.05, 0.1) is 6.42 Å². The highest BCUT2D eigenvalue weighted by molar-refractivity contribution is 7.15. The summed E-state index contributed by atoms with van der Waals surface area (Å²) >= 11 is 1.49. The van der Waals surface area contributed by atoms with Crippen molar-refractivity contribution in [2.75, 3.05) is 5.32 Å². The van der Waals surface area contributed by atoms with Gasteiger partial charge < -0.3 is 15.4 Å². The third kappa shape index (κ3) is 8.02. The molecule has 0 aliphatic heterocycles. The highest BCUT2D eigenvalue weighted by Crippen LogP contribution is 2.22. The van der Waals surface area contributed by atoms with E-state index in [1.807, 2.05) is 67.7 Å². The van der Waals surface area contributed by atoms with Gasteiger partial charge >= 0.3 is 0 Å². The smallest absolute Gasteiger partial charge is 0.248 e. The molecule has 0 fully saturated rings. The highest BCUT2D eigenvalue weighted by atomic mass is 32.1. The molecule has 0 bridgehead atoms. The molecule has 7 heteroatoms. The number of benzene rings is 2. The van der Waals surface area contributed by atoms with Crippen molar-refractivity contribution in [3.8, 4) is 11.5 Å². The zero-order valence-electron chi connectivity index (χ0n) is 19.2. The Labute approximate surface area is 199 Å². The second-order valence-electron chi connectivity index (χ2n) is 7.87. The molecule has 2 amide bonds. The number of amides is 2. The van der Waals surface area contributed by atoms with E-state index in [4.69, 9.17) is 4.74 Å². The number of nitrogens with zero attached hydrogens (tertiary/aromatic N) is 1. The van der Waals surface area contributed by atoms with Gasteiger partial charge in [0.15, 0.2) is 5.13 Å². The first-order valence-corrected chi connectivity index (χ1v) is 12.3. The third-order valence-electron chi connectivity index (χ3n) is 5.03. The van der Waals surface area contributed by atoms with Crippen LogP contribution < -0.4 is 15.4 Å². The lowest BCUT2D eigenvalue weighted by molar-refractivity contribution is -0.126. The zero-order chi connectivity index (χ0) is 23.5. The van der Waals surface area contributed by atoms with E-state index in [2.05, 4.69) is 22.5 Å². The van der Waals surface area contributed by atoms with Gasteiger partial charge in [0.1, 0.15) is 17.5 Å². The number of hydrogen-bond donors (Lipinski definition) is 2. The van der Waals surface area contributed by atoms with Gasteiger partial charge in [0, 0.05) is 11.1 Å². The summed E-state index contributed by atoms with van der Waals surface area (Å²) in [5, 5.41) is 6.32. The maximum atomic E-state index is 12.8. The molecule has 3 rings (SSSR count). The third-order valence-corrected chi connectivity index (χ3v) is 6.00. The van der Waals surface area contributed by atoms with Gasteiger partial charge in [-0.15, -0.1) is 11.3 Å². The Balaban J connectivity index is 1.56. The van der Waals surface area contributed by atoms with Gasteiger partial charge in [-0.25, -0.2) is 4.98 Å². The van der Waals surface area contributed by atoms with Gasteiger partial charge in [-0.3, -0.25) is 9.59 Å². The van der Waals surface area contributed by atoms with E-state index < -0.39 is 6.04 Å². The fourth-order valence-corrected chi connectivity index (χ4v) is 4.21.